The van der Waals surface area contributed by atoms with E-state index in [2.05, 4.69) is 58.9 Å². The van der Waals surface area contributed by atoms with E-state index in [9.17, 15) is 0 Å². The van der Waals surface area contributed by atoms with Crippen LogP contribution in [0.15, 0.2) is 24.3 Å². The lowest BCUT2D eigenvalue weighted by atomic mass is 9.82. The monoisotopic (exact) mass is 216 g/mol. The fourth-order valence-electron chi connectivity index (χ4n) is 2.64. The van der Waals surface area contributed by atoms with Gasteiger partial charge in [0.1, 0.15) is 0 Å². The fourth-order valence-corrected chi connectivity index (χ4v) is 2.64. The lowest BCUT2D eigenvalue weighted by Gasteiger charge is -2.23. The smallest absolute Gasteiger partial charge is 0.00234 e. The van der Waals surface area contributed by atoms with Gasteiger partial charge in [0.15, 0.2) is 0 Å². The molecule has 0 aromatic heterocycles. The Balaban J connectivity index is 2.27. The third-order valence-electron chi connectivity index (χ3n) is 4.22. The first-order valence-electron chi connectivity index (χ1n) is 6.47. The van der Waals surface area contributed by atoms with E-state index in [0.717, 1.165) is 5.92 Å². The van der Waals surface area contributed by atoms with Crippen LogP contribution in [0.3, 0.4) is 0 Å². The molecule has 0 atom stereocenters. The topological polar surface area (TPSA) is 0 Å². The van der Waals surface area contributed by atoms with E-state index in [4.69, 9.17) is 0 Å². The van der Waals surface area contributed by atoms with E-state index in [1.165, 1.54) is 18.4 Å². The van der Waals surface area contributed by atoms with Crippen molar-refractivity contribution >= 4 is 0 Å². The van der Waals surface area contributed by atoms with Gasteiger partial charge in [-0.1, -0.05) is 58.9 Å². The van der Waals surface area contributed by atoms with Crippen LogP contribution in [0, 0.1) is 5.92 Å². The molecular formula is C16H24. The average Bonchev–Trinajstić information content (AvgIpc) is 2.97. The Morgan fingerprint density at radius 1 is 1.00 bits per heavy atom. The second-order valence-corrected chi connectivity index (χ2v) is 6.64. The summed E-state index contributed by atoms with van der Waals surface area (Å²) in [6.45, 7) is 11.5. The van der Waals surface area contributed by atoms with Gasteiger partial charge >= 0.3 is 0 Å². The van der Waals surface area contributed by atoms with Crippen molar-refractivity contribution in [3.63, 3.8) is 0 Å². The molecule has 0 heteroatoms. The summed E-state index contributed by atoms with van der Waals surface area (Å²) in [7, 11) is 0. The summed E-state index contributed by atoms with van der Waals surface area (Å²) in [5.74, 6) is 0.771. The number of hydrogen-bond acceptors (Lipinski definition) is 0. The molecule has 1 aliphatic rings. The molecule has 16 heavy (non-hydrogen) atoms. The summed E-state index contributed by atoms with van der Waals surface area (Å²) in [6.07, 6.45) is 2.75. The maximum atomic E-state index is 2.35. The lowest BCUT2D eigenvalue weighted by molar-refractivity contribution is 0.480. The average molecular weight is 216 g/mol. The summed E-state index contributed by atoms with van der Waals surface area (Å²) in [6, 6.07) is 9.34. The molecule has 0 N–H and O–H groups in total. The summed E-state index contributed by atoms with van der Waals surface area (Å²) in [5, 5.41) is 0. The Morgan fingerprint density at radius 3 is 1.81 bits per heavy atom. The molecule has 1 aromatic rings. The van der Waals surface area contributed by atoms with Crippen molar-refractivity contribution in [2.45, 2.75) is 58.3 Å². The summed E-state index contributed by atoms with van der Waals surface area (Å²) in [5.41, 5.74) is 3.77. The second-order valence-electron chi connectivity index (χ2n) is 6.64. The van der Waals surface area contributed by atoms with Gasteiger partial charge in [0, 0.05) is 0 Å². The first kappa shape index (κ1) is 11.7. The van der Waals surface area contributed by atoms with Crippen molar-refractivity contribution in [2.24, 2.45) is 5.92 Å². The Bertz CT molecular complexity index is 358. The van der Waals surface area contributed by atoms with Crippen LogP contribution in [0.1, 0.15) is 58.6 Å². The van der Waals surface area contributed by atoms with Crippen LogP contribution < -0.4 is 0 Å². The minimum atomic E-state index is 0.271. The molecule has 1 aromatic carbocycles. The molecule has 1 saturated carbocycles. The van der Waals surface area contributed by atoms with E-state index in [-0.39, 0.29) is 5.41 Å². The molecule has 0 aliphatic heterocycles. The molecule has 0 amide bonds. The highest BCUT2D eigenvalue weighted by atomic mass is 14.5. The van der Waals surface area contributed by atoms with Gasteiger partial charge in [-0.2, -0.15) is 0 Å². The Morgan fingerprint density at radius 2 is 1.50 bits per heavy atom. The lowest BCUT2D eigenvalue weighted by Crippen LogP contribution is -2.16. The van der Waals surface area contributed by atoms with Gasteiger partial charge in [-0.3, -0.25) is 0 Å². The van der Waals surface area contributed by atoms with Gasteiger partial charge in [-0.15, -0.1) is 0 Å². The molecule has 88 valence electrons. The Kier molecular flexibility index (Phi) is 2.64. The molecule has 0 saturated heterocycles. The third-order valence-corrected chi connectivity index (χ3v) is 4.22. The zero-order chi connectivity index (χ0) is 12.0. The number of rotatable bonds is 2. The normalized spacial score (nSPS) is 18.9. The van der Waals surface area contributed by atoms with Gasteiger partial charge in [0.05, 0.1) is 0 Å². The van der Waals surface area contributed by atoms with E-state index < -0.39 is 0 Å². The standard InChI is InChI=1S/C16H24/c1-12(2)16(10-11-16)14-8-6-13(7-9-14)15(3,4)5/h6-9,12H,10-11H2,1-5H3. The van der Waals surface area contributed by atoms with Crippen molar-refractivity contribution in [2.75, 3.05) is 0 Å². The second kappa shape index (κ2) is 3.61. The SMILES string of the molecule is CC(C)C1(c2ccc(C(C)(C)C)cc2)CC1. The van der Waals surface area contributed by atoms with E-state index in [0.29, 0.717) is 5.41 Å². The zero-order valence-electron chi connectivity index (χ0n) is 11.3. The third kappa shape index (κ3) is 1.90. The van der Waals surface area contributed by atoms with Crippen LogP contribution in [0.4, 0.5) is 0 Å². The Hall–Kier alpha value is -0.780. The van der Waals surface area contributed by atoms with E-state index in [1.807, 2.05) is 0 Å². The molecule has 0 nitrogen and oxygen atoms in total. The quantitative estimate of drug-likeness (QED) is 0.674. The Labute approximate surface area is 100 Å². The van der Waals surface area contributed by atoms with Crippen LogP contribution in [0.5, 0.6) is 0 Å². The highest BCUT2D eigenvalue weighted by Crippen LogP contribution is 2.53. The molecule has 0 radical (unpaired) electrons. The van der Waals surface area contributed by atoms with Gasteiger partial charge in [-0.05, 0) is 40.7 Å². The number of benzene rings is 1. The highest BCUT2D eigenvalue weighted by molar-refractivity contribution is 5.36. The van der Waals surface area contributed by atoms with Crippen LogP contribution in [0.2, 0.25) is 0 Å². The maximum absolute atomic E-state index is 2.35. The van der Waals surface area contributed by atoms with Crippen molar-refractivity contribution in [1.29, 1.82) is 0 Å². The molecule has 0 spiro atoms. The molecule has 0 bridgehead atoms. The molecule has 1 aliphatic carbocycles. The van der Waals surface area contributed by atoms with Gasteiger partial charge < -0.3 is 0 Å². The molecule has 2 rings (SSSR count). The summed E-state index contributed by atoms with van der Waals surface area (Å²) < 4.78 is 0. The minimum Gasteiger partial charge on any atom is -0.0619 e. The number of hydrogen-bond donors (Lipinski definition) is 0. The highest BCUT2D eigenvalue weighted by Gasteiger charge is 2.46. The zero-order valence-corrected chi connectivity index (χ0v) is 11.3. The molecule has 1 fully saturated rings. The van der Waals surface area contributed by atoms with Gasteiger partial charge in [0.25, 0.3) is 0 Å². The fraction of sp³-hybridized carbons (Fsp3) is 0.625. The van der Waals surface area contributed by atoms with E-state index in [1.54, 1.807) is 5.56 Å². The molecule has 0 heterocycles. The summed E-state index contributed by atoms with van der Waals surface area (Å²) in [4.78, 5) is 0. The van der Waals surface area contributed by atoms with Gasteiger partial charge in [-0.25, -0.2) is 0 Å². The van der Waals surface area contributed by atoms with E-state index >= 15 is 0 Å². The largest absolute Gasteiger partial charge is 0.0619 e. The molecule has 0 unspecified atom stereocenters. The first-order chi connectivity index (χ1) is 7.36. The van der Waals surface area contributed by atoms with Crippen LogP contribution >= 0.6 is 0 Å². The first-order valence-corrected chi connectivity index (χ1v) is 6.47. The molecular weight excluding hydrogens is 192 g/mol. The maximum Gasteiger partial charge on any atom is -0.00234 e. The van der Waals surface area contributed by atoms with Crippen molar-refractivity contribution in [3.8, 4) is 0 Å². The van der Waals surface area contributed by atoms with Crippen molar-refractivity contribution < 1.29 is 0 Å². The predicted molar refractivity (Wildman–Crippen MR) is 70.9 cm³/mol. The minimum absolute atomic E-state index is 0.271. The predicted octanol–water partition coefficient (Wildman–Crippen LogP) is 4.67. The van der Waals surface area contributed by atoms with Crippen LogP contribution in [0.25, 0.3) is 0 Å². The van der Waals surface area contributed by atoms with Crippen LogP contribution in [-0.2, 0) is 10.8 Å². The van der Waals surface area contributed by atoms with Crippen LogP contribution in [-0.4, -0.2) is 0 Å². The van der Waals surface area contributed by atoms with Crippen molar-refractivity contribution in [1.82, 2.24) is 0 Å². The van der Waals surface area contributed by atoms with Gasteiger partial charge in [0.2, 0.25) is 0 Å². The summed E-state index contributed by atoms with van der Waals surface area (Å²) >= 11 is 0. The van der Waals surface area contributed by atoms with Crippen molar-refractivity contribution in [3.05, 3.63) is 35.4 Å².